The topological polar surface area (TPSA) is 37.9 Å². The van der Waals surface area contributed by atoms with Crippen molar-refractivity contribution in [1.29, 1.82) is 0 Å². The Bertz CT molecular complexity index is 634. The molecule has 4 heteroatoms. The molecule has 1 aliphatic rings. The normalized spacial score (nSPS) is 13.2. The van der Waals surface area contributed by atoms with E-state index in [1.165, 1.54) is 5.56 Å². The van der Waals surface area contributed by atoms with E-state index in [0.29, 0.717) is 4.64 Å². The first kappa shape index (κ1) is 10.5. The lowest BCUT2D eigenvalue weighted by Crippen LogP contribution is -1.94. The number of fused-ring (bicyclic) bond motifs is 1. The van der Waals surface area contributed by atoms with Crippen molar-refractivity contribution in [3.8, 4) is 17.0 Å². The zero-order valence-electron chi connectivity index (χ0n) is 9.49. The van der Waals surface area contributed by atoms with Crippen LogP contribution >= 0.6 is 12.2 Å². The van der Waals surface area contributed by atoms with Gasteiger partial charge in [0.15, 0.2) is 0 Å². The highest BCUT2D eigenvalue weighted by molar-refractivity contribution is 7.71. The molecule has 0 bridgehead atoms. The number of aryl methyl sites for hydroxylation is 1. The highest BCUT2D eigenvalue weighted by atomic mass is 32.1. The minimum atomic E-state index is 0.604. The Morgan fingerprint density at radius 1 is 1.41 bits per heavy atom. The zero-order chi connectivity index (χ0) is 11.8. The number of hydrogen-bond acceptors (Lipinski definition) is 3. The van der Waals surface area contributed by atoms with Gasteiger partial charge in [0.05, 0.1) is 12.3 Å². The van der Waals surface area contributed by atoms with E-state index in [-0.39, 0.29) is 0 Å². The molecular formula is C13H12N2OS. The molecular weight excluding hydrogens is 232 g/mol. The first-order valence-corrected chi connectivity index (χ1v) is 5.98. The lowest BCUT2D eigenvalue weighted by atomic mass is 10.1. The summed E-state index contributed by atoms with van der Waals surface area (Å²) in [5.41, 5.74) is 3.30. The van der Waals surface area contributed by atoms with Gasteiger partial charge in [0.2, 0.25) is 0 Å². The Kier molecular flexibility index (Phi) is 2.44. The van der Waals surface area contributed by atoms with Gasteiger partial charge in [-0.15, -0.1) is 0 Å². The van der Waals surface area contributed by atoms with E-state index in [9.17, 15) is 0 Å². The molecule has 3 nitrogen and oxygen atoms in total. The maximum atomic E-state index is 5.69. The number of para-hydroxylation sites is 1. The van der Waals surface area contributed by atoms with Gasteiger partial charge in [-0.05, 0) is 24.6 Å². The predicted octanol–water partition coefficient (Wildman–Crippen LogP) is 3.05. The van der Waals surface area contributed by atoms with Crippen LogP contribution in [0.25, 0.3) is 11.3 Å². The van der Waals surface area contributed by atoms with Gasteiger partial charge in [-0.1, -0.05) is 24.4 Å². The van der Waals surface area contributed by atoms with Crippen molar-refractivity contribution in [3.05, 3.63) is 40.3 Å². The second-order valence-electron chi connectivity index (χ2n) is 4.11. The third-order valence-corrected chi connectivity index (χ3v) is 3.07. The number of nitrogens with one attached hydrogen (secondary N) is 1. The zero-order valence-corrected chi connectivity index (χ0v) is 10.3. The number of hydrogen-bond donors (Lipinski definition) is 1. The maximum Gasteiger partial charge on any atom is 0.131 e. The van der Waals surface area contributed by atoms with Gasteiger partial charge in [-0.25, -0.2) is 4.98 Å². The van der Waals surface area contributed by atoms with Gasteiger partial charge in [-0.3, -0.25) is 0 Å². The molecule has 1 aromatic heterocycles. The summed E-state index contributed by atoms with van der Waals surface area (Å²) < 4.78 is 6.29. The van der Waals surface area contributed by atoms with Crippen LogP contribution in [0.5, 0.6) is 5.75 Å². The molecule has 0 amide bonds. The molecule has 0 saturated heterocycles. The van der Waals surface area contributed by atoms with Crippen molar-refractivity contribution in [2.24, 2.45) is 0 Å². The van der Waals surface area contributed by atoms with Crippen LogP contribution in [0.1, 0.15) is 11.4 Å². The molecule has 0 atom stereocenters. The Labute approximate surface area is 104 Å². The summed E-state index contributed by atoms with van der Waals surface area (Å²) in [6.45, 7) is 2.67. The fourth-order valence-corrected chi connectivity index (χ4v) is 2.41. The molecule has 2 aromatic rings. The lowest BCUT2D eigenvalue weighted by Gasteiger charge is -2.08. The van der Waals surface area contributed by atoms with Crippen LogP contribution in [-0.2, 0) is 6.42 Å². The molecule has 2 heterocycles. The number of aromatic nitrogens is 2. The van der Waals surface area contributed by atoms with Crippen LogP contribution < -0.4 is 4.74 Å². The first-order valence-electron chi connectivity index (χ1n) is 5.57. The molecule has 0 unspecified atom stereocenters. The second kappa shape index (κ2) is 3.96. The van der Waals surface area contributed by atoms with Crippen LogP contribution in [0.4, 0.5) is 0 Å². The average Bonchev–Trinajstić information content (AvgIpc) is 2.75. The molecule has 1 aromatic carbocycles. The van der Waals surface area contributed by atoms with Crippen LogP contribution in [0, 0.1) is 11.6 Å². The number of nitrogens with zero attached hydrogens (tertiary/aromatic N) is 1. The van der Waals surface area contributed by atoms with Gasteiger partial charge in [-0.2, -0.15) is 0 Å². The Morgan fingerprint density at radius 3 is 3.12 bits per heavy atom. The van der Waals surface area contributed by atoms with Crippen molar-refractivity contribution in [1.82, 2.24) is 9.97 Å². The predicted molar refractivity (Wildman–Crippen MR) is 68.8 cm³/mol. The van der Waals surface area contributed by atoms with Gasteiger partial charge < -0.3 is 9.72 Å². The first-order chi connectivity index (χ1) is 8.24. The van der Waals surface area contributed by atoms with Crippen LogP contribution in [0.3, 0.4) is 0 Å². The van der Waals surface area contributed by atoms with E-state index in [1.807, 2.05) is 19.1 Å². The summed E-state index contributed by atoms with van der Waals surface area (Å²) in [7, 11) is 0. The average molecular weight is 244 g/mol. The summed E-state index contributed by atoms with van der Waals surface area (Å²) in [4.78, 5) is 7.41. The highest BCUT2D eigenvalue weighted by Crippen LogP contribution is 2.35. The molecule has 0 fully saturated rings. The largest absolute Gasteiger partial charge is 0.492 e. The van der Waals surface area contributed by atoms with Gasteiger partial charge in [0.25, 0.3) is 0 Å². The maximum absolute atomic E-state index is 5.69. The fraction of sp³-hybridized carbons (Fsp3) is 0.231. The summed E-state index contributed by atoms with van der Waals surface area (Å²) in [5, 5.41) is 0. The Hall–Kier alpha value is -1.68. The van der Waals surface area contributed by atoms with Crippen molar-refractivity contribution >= 4 is 12.2 Å². The summed E-state index contributed by atoms with van der Waals surface area (Å²) >= 11 is 5.14. The van der Waals surface area contributed by atoms with Gasteiger partial charge in [0, 0.05) is 12.0 Å². The highest BCUT2D eigenvalue weighted by Gasteiger charge is 2.17. The lowest BCUT2D eigenvalue weighted by molar-refractivity contribution is 0.358. The SMILES string of the molecule is Cc1nc(=S)cc(-c2cccc3c2OCC3)[nH]1. The molecule has 0 radical (unpaired) electrons. The van der Waals surface area contributed by atoms with Crippen LogP contribution in [0.15, 0.2) is 24.3 Å². The number of benzene rings is 1. The van der Waals surface area contributed by atoms with Crippen LogP contribution in [0.2, 0.25) is 0 Å². The molecule has 1 aliphatic heterocycles. The smallest absolute Gasteiger partial charge is 0.131 e. The molecule has 0 spiro atoms. The molecule has 3 rings (SSSR count). The molecule has 0 saturated carbocycles. The van der Waals surface area contributed by atoms with E-state index < -0.39 is 0 Å². The number of H-pyrrole nitrogens is 1. The van der Waals surface area contributed by atoms with Crippen molar-refractivity contribution in [2.45, 2.75) is 13.3 Å². The van der Waals surface area contributed by atoms with Crippen molar-refractivity contribution < 1.29 is 4.74 Å². The van der Waals surface area contributed by atoms with E-state index in [0.717, 1.165) is 35.9 Å². The second-order valence-corrected chi connectivity index (χ2v) is 4.53. The summed E-state index contributed by atoms with van der Waals surface area (Å²) in [5.74, 6) is 1.80. The standard InChI is InChI=1S/C13H12N2OS/c1-8-14-11(7-12(17)15-8)10-4-2-3-9-5-6-16-13(9)10/h2-4,7H,5-6H2,1H3,(H,14,15,17). The minimum absolute atomic E-state index is 0.604. The molecule has 0 aliphatic carbocycles. The Balaban J connectivity index is 2.22. The van der Waals surface area contributed by atoms with Crippen molar-refractivity contribution in [3.63, 3.8) is 0 Å². The minimum Gasteiger partial charge on any atom is -0.492 e. The fourth-order valence-electron chi connectivity index (χ4n) is 2.15. The van der Waals surface area contributed by atoms with E-state index in [2.05, 4.69) is 22.1 Å². The number of aromatic amines is 1. The Morgan fingerprint density at radius 2 is 2.29 bits per heavy atom. The third-order valence-electron chi connectivity index (χ3n) is 2.87. The van der Waals surface area contributed by atoms with E-state index >= 15 is 0 Å². The third kappa shape index (κ3) is 1.85. The van der Waals surface area contributed by atoms with Gasteiger partial charge in [0.1, 0.15) is 16.2 Å². The monoisotopic (exact) mass is 244 g/mol. The number of rotatable bonds is 1. The molecule has 1 N–H and O–H groups in total. The number of ether oxygens (including phenoxy) is 1. The molecule has 86 valence electrons. The molecule has 17 heavy (non-hydrogen) atoms. The summed E-state index contributed by atoms with van der Waals surface area (Å²) in [6.07, 6.45) is 0.980. The quantitative estimate of drug-likeness (QED) is 0.783. The van der Waals surface area contributed by atoms with E-state index in [1.54, 1.807) is 0 Å². The van der Waals surface area contributed by atoms with Crippen molar-refractivity contribution in [2.75, 3.05) is 6.61 Å². The van der Waals surface area contributed by atoms with Crippen LogP contribution in [-0.4, -0.2) is 16.6 Å². The van der Waals surface area contributed by atoms with Gasteiger partial charge >= 0.3 is 0 Å². The summed E-state index contributed by atoms with van der Waals surface area (Å²) in [6, 6.07) is 8.08. The van der Waals surface area contributed by atoms with E-state index in [4.69, 9.17) is 17.0 Å².